The molecule has 0 amide bonds. The number of pyridine rings is 1. The summed E-state index contributed by atoms with van der Waals surface area (Å²) in [6, 6.07) is 86.5. The first-order valence-corrected chi connectivity index (χ1v) is 29.5. The summed E-state index contributed by atoms with van der Waals surface area (Å²) in [5.74, 6) is 2.35. The first-order chi connectivity index (χ1) is 40.4. The standard InChI is InChI=1S/C79H72N4O/c1-52-45-75(80-50-70(52)56-33-40-62(41-34-56)79(8,9)10)83-71-44-35-58(54-29-36-60(37-30-54)77(2,3)4)47-69(71)68-43-42-65(49-74(68)83)84-64-24-17-23-63(48-64)81-51-82(73-28-15-14-27-72(73)81)76-66(55-31-38-61(39-32-55)78(5,6)7)25-18-26-67(76)59-22-16-21-57(46-59)53-19-12-11-13-20-53/h11-50H,51H2,1-10H3. The summed E-state index contributed by atoms with van der Waals surface area (Å²) >= 11 is 0. The topological polar surface area (TPSA) is 33.5 Å². The lowest BCUT2D eigenvalue weighted by Gasteiger charge is -2.28. The van der Waals surface area contributed by atoms with Crippen molar-refractivity contribution in [1.82, 2.24) is 9.55 Å². The number of nitrogens with zero attached hydrogens (tertiary/aromatic N) is 4. The molecule has 12 aromatic rings. The van der Waals surface area contributed by atoms with E-state index in [-0.39, 0.29) is 16.2 Å². The maximum absolute atomic E-state index is 7.00. The predicted octanol–water partition coefficient (Wildman–Crippen LogP) is 21.8. The van der Waals surface area contributed by atoms with Crippen molar-refractivity contribution in [3.05, 3.63) is 265 Å². The van der Waals surface area contributed by atoms with Crippen LogP contribution in [0.15, 0.2) is 243 Å². The molecule has 0 atom stereocenters. The lowest BCUT2D eigenvalue weighted by atomic mass is 9.85. The van der Waals surface area contributed by atoms with Gasteiger partial charge in [-0.1, -0.05) is 226 Å². The van der Waals surface area contributed by atoms with Crippen molar-refractivity contribution >= 4 is 44.6 Å². The number of aromatic nitrogens is 2. The fourth-order valence-electron chi connectivity index (χ4n) is 12.2. The number of aryl methyl sites for hydroxylation is 1. The molecule has 414 valence electrons. The maximum Gasteiger partial charge on any atom is 0.137 e. The molecule has 84 heavy (non-hydrogen) atoms. The minimum Gasteiger partial charge on any atom is -0.457 e. The first-order valence-electron chi connectivity index (χ1n) is 29.5. The summed E-state index contributed by atoms with van der Waals surface area (Å²) in [6.45, 7) is 23.2. The highest BCUT2D eigenvalue weighted by Gasteiger charge is 2.32. The number of benzene rings is 10. The third-order valence-corrected chi connectivity index (χ3v) is 17.0. The Balaban J connectivity index is 0.878. The van der Waals surface area contributed by atoms with Crippen molar-refractivity contribution in [1.29, 1.82) is 0 Å². The Bertz CT molecular complexity index is 4420. The largest absolute Gasteiger partial charge is 0.457 e. The summed E-state index contributed by atoms with van der Waals surface area (Å²) < 4.78 is 9.30. The highest BCUT2D eigenvalue weighted by molar-refractivity contribution is 6.11. The number of anilines is 4. The molecular weight excluding hydrogens is 1020 g/mol. The number of hydrogen-bond acceptors (Lipinski definition) is 4. The van der Waals surface area contributed by atoms with Crippen LogP contribution in [0.2, 0.25) is 0 Å². The molecule has 0 unspecified atom stereocenters. The van der Waals surface area contributed by atoms with E-state index < -0.39 is 0 Å². The summed E-state index contributed by atoms with van der Waals surface area (Å²) in [5, 5.41) is 2.29. The second-order valence-electron chi connectivity index (χ2n) is 25.8. The van der Waals surface area contributed by atoms with Crippen molar-refractivity contribution in [2.45, 2.75) is 85.5 Å². The van der Waals surface area contributed by atoms with Crippen molar-refractivity contribution in [3.8, 4) is 73.0 Å². The van der Waals surface area contributed by atoms with Gasteiger partial charge in [0.25, 0.3) is 0 Å². The summed E-state index contributed by atoms with van der Waals surface area (Å²) in [7, 11) is 0. The zero-order valence-corrected chi connectivity index (χ0v) is 50.0. The van der Waals surface area contributed by atoms with Crippen LogP contribution in [0.1, 0.15) is 84.6 Å². The molecule has 3 heterocycles. The molecule has 0 saturated carbocycles. The molecule has 1 aliphatic heterocycles. The highest BCUT2D eigenvalue weighted by atomic mass is 16.5. The van der Waals surface area contributed by atoms with Crippen LogP contribution in [0.25, 0.3) is 83.3 Å². The van der Waals surface area contributed by atoms with Crippen LogP contribution in [0.4, 0.5) is 22.7 Å². The van der Waals surface area contributed by atoms with E-state index in [2.05, 4.69) is 320 Å². The van der Waals surface area contributed by atoms with Crippen LogP contribution in [0, 0.1) is 6.92 Å². The van der Waals surface area contributed by atoms with Gasteiger partial charge in [-0.25, -0.2) is 4.98 Å². The van der Waals surface area contributed by atoms with Gasteiger partial charge in [-0.15, -0.1) is 0 Å². The Hall–Kier alpha value is -9.45. The number of fused-ring (bicyclic) bond motifs is 4. The molecule has 0 saturated heterocycles. The van der Waals surface area contributed by atoms with Crippen molar-refractivity contribution in [2.24, 2.45) is 0 Å². The lowest BCUT2D eigenvalue weighted by molar-refractivity contribution is 0.483. The van der Waals surface area contributed by atoms with Crippen molar-refractivity contribution < 1.29 is 4.74 Å². The predicted molar refractivity (Wildman–Crippen MR) is 355 cm³/mol. The molecule has 0 aliphatic carbocycles. The normalized spacial score (nSPS) is 12.8. The SMILES string of the molecule is Cc1cc(-n2c3ccc(-c4ccc(C(C)(C)C)cc4)cc3c3ccc(Oc4cccc(N5CN(c6c(-c7ccc(C(C)(C)C)cc7)cccc6-c6cccc(-c7ccccc7)c6)c6ccccc65)c4)cc32)ncc1-c1ccc(C(C)(C)C)cc1. The monoisotopic (exact) mass is 1090 g/mol. The van der Waals surface area contributed by atoms with E-state index in [4.69, 9.17) is 9.72 Å². The van der Waals surface area contributed by atoms with E-state index in [1.54, 1.807) is 0 Å². The Labute approximate surface area is 496 Å². The van der Waals surface area contributed by atoms with Gasteiger partial charge < -0.3 is 14.5 Å². The van der Waals surface area contributed by atoms with Gasteiger partial charge in [0, 0.05) is 51.5 Å². The fraction of sp³-hybridized carbons (Fsp3) is 0.177. The van der Waals surface area contributed by atoms with Crippen LogP contribution >= 0.6 is 0 Å². The zero-order valence-electron chi connectivity index (χ0n) is 50.0. The molecule has 10 aromatic carbocycles. The van der Waals surface area contributed by atoms with Crippen LogP contribution in [-0.2, 0) is 16.2 Å². The van der Waals surface area contributed by atoms with E-state index in [1.165, 1.54) is 55.6 Å². The van der Waals surface area contributed by atoms with Gasteiger partial charge in [-0.3, -0.25) is 4.57 Å². The summed E-state index contributed by atoms with van der Waals surface area (Å²) in [6.07, 6.45) is 2.04. The summed E-state index contributed by atoms with van der Waals surface area (Å²) in [5.41, 5.74) is 23.6. The second-order valence-corrected chi connectivity index (χ2v) is 25.8. The molecular formula is C79H72N4O. The van der Waals surface area contributed by atoms with Crippen molar-refractivity contribution in [3.63, 3.8) is 0 Å². The second kappa shape index (κ2) is 21.1. The van der Waals surface area contributed by atoms with Crippen LogP contribution < -0.4 is 14.5 Å². The number of hydrogen-bond donors (Lipinski definition) is 0. The van der Waals surface area contributed by atoms with E-state index in [1.807, 2.05) is 6.20 Å². The Morgan fingerprint density at radius 2 is 0.881 bits per heavy atom. The molecule has 2 aromatic heterocycles. The van der Waals surface area contributed by atoms with Crippen molar-refractivity contribution in [2.75, 3.05) is 16.5 Å². The fourth-order valence-corrected chi connectivity index (χ4v) is 12.2. The number of rotatable bonds is 10. The number of para-hydroxylation sites is 3. The van der Waals surface area contributed by atoms with Gasteiger partial charge in [-0.2, -0.15) is 0 Å². The third-order valence-electron chi connectivity index (χ3n) is 17.0. The average molecular weight is 1090 g/mol. The van der Waals surface area contributed by atoms with Gasteiger partial charge in [0.1, 0.15) is 24.0 Å². The minimum atomic E-state index is 0.0370. The first kappa shape index (κ1) is 53.8. The van der Waals surface area contributed by atoms with Gasteiger partial charge in [0.15, 0.2) is 0 Å². The quantitative estimate of drug-likeness (QED) is 0.137. The zero-order chi connectivity index (χ0) is 58.1. The van der Waals surface area contributed by atoms with Gasteiger partial charge in [0.2, 0.25) is 0 Å². The smallest absolute Gasteiger partial charge is 0.137 e. The van der Waals surface area contributed by atoms with Crippen LogP contribution in [0.5, 0.6) is 11.5 Å². The molecule has 1 aliphatic rings. The Morgan fingerprint density at radius 1 is 0.369 bits per heavy atom. The van der Waals surface area contributed by atoms with E-state index in [0.717, 1.165) is 84.1 Å². The molecule has 5 heteroatoms. The Morgan fingerprint density at radius 3 is 1.52 bits per heavy atom. The van der Waals surface area contributed by atoms with E-state index in [9.17, 15) is 0 Å². The Kier molecular flexibility index (Phi) is 13.5. The minimum absolute atomic E-state index is 0.0370. The van der Waals surface area contributed by atoms with Gasteiger partial charge in [-0.05, 0) is 145 Å². The van der Waals surface area contributed by atoms with E-state index >= 15 is 0 Å². The molecule has 5 nitrogen and oxygen atoms in total. The molecule has 0 N–H and O–H groups in total. The van der Waals surface area contributed by atoms with Gasteiger partial charge >= 0.3 is 0 Å². The third kappa shape index (κ3) is 10.2. The van der Waals surface area contributed by atoms with Crippen LogP contribution in [-0.4, -0.2) is 16.2 Å². The lowest BCUT2D eigenvalue weighted by Crippen LogP contribution is -2.25. The average Bonchev–Trinajstić information content (AvgIpc) is 2.25. The molecule has 0 bridgehead atoms. The molecule has 0 spiro atoms. The van der Waals surface area contributed by atoms with Crippen LogP contribution in [0.3, 0.4) is 0 Å². The maximum atomic E-state index is 7.00. The van der Waals surface area contributed by atoms with Gasteiger partial charge in [0.05, 0.1) is 28.1 Å². The molecule has 13 rings (SSSR count). The summed E-state index contributed by atoms with van der Waals surface area (Å²) in [4.78, 5) is 10.2. The molecule has 0 radical (unpaired) electrons. The number of ether oxygens (including phenoxy) is 1. The van der Waals surface area contributed by atoms with E-state index in [0.29, 0.717) is 6.67 Å². The molecule has 0 fully saturated rings. The highest BCUT2D eigenvalue weighted by Crippen LogP contribution is 2.51.